The van der Waals surface area contributed by atoms with Gasteiger partial charge in [0.25, 0.3) is 0 Å². The molecule has 1 aromatic heterocycles. The van der Waals surface area contributed by atoms with E-state index >= 15 is 0 Å². The van der Waals surface area contributed by atoms with Gasteiger partial charge >= 0.3 is 0 Å². The van der Waals surface area contributed by atoms with Gasteiger partial charge < -0.3 is 10.1 Å². The van der Waals surface area contributed by atoms with Gasteiger partial charge in [-0.1, -0.05) is 13.8 Å². The minimum Gasteiger partial charge on any atom is -0.371 e. The monoisotopic (exact) mass is 279 g/mol. The lowest BCUT2D eigenvalue weighted by atomic mass is 10.1. The zero-order valence-electron chi connectivity index (χ0n) is 13.8. The first-order chi connectivity index (χ1) is 9.45. The van der Waals surface area contributed by atoms with E-state index in [-0.39, 0.29) is 6.10 Å². The van der Waals surface area contributed by atoms with Crippen molar-refractivity contribution in [2.24, 2.45) is 5.92 Å². The number of nitrogens with one attached hydrogen (secondary N) is 1. The van der Waals surface area contributed by atoms with Gasteiger partial charge in [0.05, 0.1) is 0 Å². The van der Waals surface area contributed by atoms with Gasteiger partial charge in [0.1, 0.15) is 6.10 Å². The summed E-state index contributed by atoms with van der Waals surface area (Å²) in [4.78, 5) is 9.20. The molecule has 20 heavy (non-hydrogen) atoms. The van der Waals surface area contributed by atoms with E-state index in [4.69, 9.17) is 4.74 Å². The van der Waals surface area contributed by atoms with Crippen LogP contribution in [0.1, 0.15) is 56.6 Å². The fraction of sp³-hybridized carbons (Fsp3) is 0.750. The zero-order chi connectivity index (χ0) is 15.1. The number of ether oxygens (including phenoxy) is 1. The van der Waals surface area contributed by atoms with Crippen molar-refractivity contribution in [3.05, 3.63) is 22.8 Å². The van der Waals surface area contributed by atoms with Crippen LogP contribution in [0.15, 0.2) is 0 Å². The Labute approximate surface area is 123 Å². The highest BCUT2D eigenvalue weighted by Gasteiger charge is 2.13. The Bertz CT molecular complexity index is 395. The standard InChI is InChI=1S/C16H29N3O/c1-7-20-14(6)16-18-12(4)15(13(5)19-16)8-9-17-10-11(2)3/h11,14,17H,7-10H2,1-6H3. The zero-order valence-corrected chi connectivity index (χ0v) is 13.8. The summed E-state index contributed by atoms with van der Waals surface area (Å²) in [5, 5.41) is 3.47. The van der Waals surface area contributed by atoms with E-state index in [1.165, 1.54) is 5.56 Å². The van der Waals surface area contributed by atoms with Crippen LogP contribution < -0.4 is 5.32 Å². The van der Waals surface area contributed by atoms with E-state index in [2.05, 4.69) is 43.0 Å². The molecule has 1 aromatic rings. The molecule has 1 N–H and O–H groups in total. The highest BCUT2D eigenvalue weighted by molar-refractivity contribution is 5.25. The number of hydrogen-bond acceptors (Lipinski definition) is 4. The Kier molecular flexibility index (Phi) is 7.10. The highest BCUT2D eigenvalue weighted by atomic mass is 16.5. The lowest BCUT2D eigenvalue weighted by molar-refractivity contribution is 0.0697. The molecule has 0 fully saturated rings. The molecule has 0 saturated carbocycles. The van der Waals surface area contributed by atoms with Gasteiger partial charge in [-0.15, -0.1) is 0 Å². The van der Waals surface area contributed by atoms with Gasteiger partial charge in [0, 0.05) is 18.0 Å². The molecule has 1 unspecified atom stereocenters. The summed E-state index contributed by atoms with van der Waals surface area (Å²) in [7, 11) is 0. The van der Waals surface area contributed by atoms with Crippen molar-refractivity contribution < 1.29 is 4.74 Å². The SMILES string of the molecule is CCOC(C)c1nc(C)c(CCNCC(C)C)c(C)n1. The van der Waals surface area contributed by atoms with Crippen LogP contribution in [-0.4, -0.2) is 29.7 Å². The smallest absolute Gasteiger partial charge is 0.157 e. The fourth-order valence-corrected chi connectivity index (χ4v) is 2.24. The molecule has 0 bridgehead atoms. The fourth-order valence-electron chi connectivity index (χ4n) is 2.24. The molecule has 1 rings (SSSR count). The van der Waals surface area contributed by atoms with Crippen LogP contribution >= 0.6 is 0 Å². The molecular formula is C16H29N3O. The van der Waals surface area contributed by atoms with Crippen LogP contribution in [-0.2, 0) is 11.2 Å². The molecule has 114 valence electrons. The summed E-state index contributed by atoms with van der Waals surface area (Å²) in [5.41, 5.74) is 3.41. The predicted octanol–water partition coefficient (Wildman–Crippen LogP) is 2.98. The van der Waals surface area contributed by atoms with Gasteiger partial charge in [0.2, 0.25) is 0 Å². The van der Waals surface area contributed by atoms with E-state index in [1.54, 1.807) is 0 Å². The van der Waals surface area contributed by atoms with Gasteiger partial charge in [0.15, 0.2) is 5.82 Å². The Morgan fingerprint density at radius 3 is 2.20 bits per heavy atom. The lowest BCUT2D eigenvalue weighted by Crippen LogP contribution is -2.23. The van der Waals surface area contributed by atoms with E-state index < -0.39 is 0 Å². The molecule has 0 aliphatic rings. The van der Waals surface area contributed by atoms with Crippen LogP contribution in [0, 0.1) is 19.8 Å². The maximum Gasteiger partial charge on any atom is 0.157 e. The summed E-state index contributed by atoms with van der Waals surface area (Å²) in [6.45, 7) is 15.3. The second kappa shape index (κ2) is 8.32. The molecule has 0 saturated heterocycles. The molecule has 1 heterocycles. The molecule has 0 aliphatic heterocycles. The summed E-state index contributed by atoms with van der Waals surface area (Å²) in [6.07, 6.45) is 0.943. The van der Waals surface area contributed by atoms with Gasteiger partial charge in [-0.25, -0.2) is 9.97 Å². The predicted molar refractivity (Wildman–Crippen MR) is 83.0 cm³/mol. The van der Waals surface area contributed by atoms with Crippen LogP contribution in [0.4, 0.5) is 0 Å². The van der Waals surface area contributed by atoms with Gasteiger partial charge in [-0.05, 0) is 58.7 Å². The van der Waals surface area contributed by atoms with Crippen molar-refractivity contribution in [3.8, 4) is 0 Å². The molecule has 0 spiro atoms. The number of aryl methyl sites for hydroxylation is 2. The number of aromatic nitrogens is 2. The maximum atomic E-state index is 5.57. The van der Waals surface area contributed by atoms with Crippen molar-refractivity contribution >= 4 is 0 Å². The average Bonchev–Trinajstić information content (AvgIpc) is 2.36. The third-order valence-electron chi connectivity index (χ3n) is 3.32. The van der Waals surface area contributed by atoms with E-state index in [0.29, 0.717) is 12.5 Å². The number of hydrogen-bond donors (Lipinski definition) is 1. The minimum atomic E-state index is -0.0366. The second-order valence-electron chi connectivity index (χ2n) is 5.68. The maximum absolute atomic E-state index is 5.57. The number of rotatable bonds is 8. The molecule has 4 heteroatoms. The molecule has 1 atom stereocenters. The van der Waals surface area contributed by atoms with Crippen LogP contribution in [0.2, 0.25) is 0 Å². The van der Waals surface area contributed by atoms with Crippen molar-refractivity contribution in [1.82, 2.24) is 15.3 Å². The van der Waals surface area contributed by atoms with Crippen LogP contribution in [0.5, 0.6) is 0 Å². The molecule has 4 nitrogen and oxygen atoms in total. The third kappa shape index (κ3) is 5.17. The Hall–Kier alpha value is -1.00. The first-order valence-electron chi connectivity index (χ1n) is 7.62. The number of nitrogens with zero attached hydrogens (tertiary/aromatic N) is 2. The molecule has 0 aromatic carbocycles. The van der Waals surface area contributed by atoms with E-state index in [0.717, 1.165) is 36.7 Å². The summed E-state index contributed by atoms with van der Waals surface area (Å²) in [6, 6.07) is 0. The van der Waals surface area contributed by atoms with Crippen molar-refractivity contribution in [1.29, 1.82) is 0 Å². The highest BCUT2D eigenvalue weighted by Crippen LogP contribution is 2.17. The largest absolute Gasteiger partial charge is 0.371 e. The topological polar surface area (TPSA) is 47.0 Å². The Balaban J connectivity index is 2.69. The van der Waals surface area contributed by atoms with Crippen LogP contribution in [0.25, 0.3) is 0 Å². The van der Waals surface area contributed by atoms with E-state index in [9.17, 15) is 0 Å². The van der Waals surface area contributed by atoms with Gasteiger partial charge in [-0.3, -0.25) is 0 Å². The van der Waals surface area contributed by atoms with Crippen molar-refractivity contribution in [3.63, 3.8) is 0 Å². The molecule has 0 aliphatic carbocycles. The lowest BCUT2D eigenvalue weighted by Gasteiger charge is -2.15. The molecule has 0 amide bonds. The normalized spacial score (nSPS) is 12.9. The Morgan fingerprint density at radius 1 is 1.10 bits per heavy atom. The van der Waals surface area contributed by atoms with Crippen molar-refractivity contribution in [2.75, 3.05) is 19.7 Å². The summed E-state index contributed by atoms with van der Waals surface area (Å²) >= 11 is 0. The first kappa shape index (κ1) is 17.1. The van der Waals surface area contributed by atoms with Crippen molar-refractivity contribution in [2.45, 2.75) is 54.1 Å². The van der Waals surface area contributed by atoms with E-state index in [1.807, 2.05) is 13.8 Å². The molecule has 0 radical (unpaired) electrons. The van der Waals surface area contributed by atoms with Gasteiger partial charge in [-0.2, -0.15) is 0 Å². The Morgan fingerprint density at radius 2 is 1.70 bits per heavy atom. The minimum absolute atomic E-state index is 0.0366. The second-order valence-corrected chi connectivity index (χ2v) is 5.68. The first-order valence-corrected chi connectivity index (χ1v) is 7.62. The quantitative estimate of drug-likeness (QED) is 0.743. The van der Waals surface area contributed by atoms with Crippen LogP contribution in [0.3, 0.4) is 0 Å². The summed E-state index contributed by atoms with van der Waals surface area (Å²) < 4.78 is 5.57. The average molecular weight is 279 g/mol. The molecular weight excluding hydrogens is 250 g/mol. The third-order valence-corrected chi connectivity index (χ3v) is 3.32. The summed E-state index contributed by atoms with van der Waals surface area (Å²) in [5.74, 6) is 1.48.